The van der Waals surface area contributed by atoms with E-state index in [0.29, 0.717) is 21.6 Å². The highest BCUT2D eigenvalue weighted by molar-refractivity contribution is 7.91. The number of aryl methyl sites for hydroxylation is 1. The van der Waals surface area contributed by atoms with Crippen LogP contribution in [0.5, 0.6) is 0 Å². The van der Waals surface area contributed by atoms with E-state index in [9.17, 15) is 8.42 Å². The van der Waals surface area contributed by atoms with Crippen LogP contribution in [0.25, 0.3) is 0 Å². The van der Waals surface area contributed by atoms with Gasteiger partial charge in [0.2, 0.25) is 0 Å². The van der Waals surface area contributed by atoms with Crippen molar-refractivity contribution < 1.29 is 8.42 Å². The molecule has 0 spiro atoms. The van der Waals surface area contributed by atoms with E-state index in [4.69, 9.17) is 17.3 Å². The Balaban J connectivity index is 2.32. The van der Waals surface area contributed by atoms with Crippen LogP contribution in [0.1, 0.15) is 12.0 Å². The molecular formula is C9H13ClN2O2S2. The largest absolute Gasteiger partial charge is 0.326 e. The van der Waals surface area contributed by atoms with Crippen molar-refractivity contribution in [3.05, 3.63) is 16.0 Å². The molecule has 2 heterocycles. The smallest absolute Gasteiger partial charge is 0.252 e. The predicted octanol–water partition coefficient (Wildman–Crippen LogP) is 1.43. The zero-order chi connectivity index (χ0) is 11.9. The van der Waals surface area contributed by atoms with Gasteiger partial charge in [-0.3, -0.25) is 0 Å². The number of thiophene rings is 1. The van der Waals surface area contributed by atoms with E-state index in [2.05, 4.69) is 0 Å². The minimum atomic E-state index is -3.39. The highest BCUT2D eigenvalue weighted by Crippen LogP contribution is 2.32. The fourth-order valence-corrected chi connectivity index (χ4v) is 5.03. The van der Waals surface area contributed by atoms with Gasteiger partial charge in [0.05, 0.1) is 4.34 Å². The van der Waals surface area contributed by atoms with Crippen molar-refractivity contribution in [2.24, 2.45) is 5.73 Å². The van der Waals surface area contributed by atoms with Crippen LogP contribution in [0.2, 0.25) is 4.34 Å². The summed E-state index contributed by atoms with van der Waals surface area (Å²) >= 11 is 6.99. The second-order valence-corrected chi connectivity index (χ2v) is 7.75. The third-order valence-corrected chi connectivity index (χ3v) is 6.49. The van der Waals surface area contributed by atoms with E-state index in [1.165, 1.54) is 4.31 Å². The molecule has 16 heavy (non-hydrogen) atoms. The van der Waals surface area contributed by atoms with Crippen molar-refractivity contribution >= 4 is 33.0 Å². The predicted molar refractivity (Wildman–Crippen MR) is 65.4 cm³/mol. The summed E-state index contributed by atoms with van der Waals surface area (Å²) in [7, 11) is -3.39. The maximum absolute atomic E-state index is 12.2. The third kappa shape index (κ3) is 2.12. The number of hydrogen-bond acceptors (Lipinski definition) is 4. The lowest BCUT2D eigenvalue weighted by Gasteiger charge is -2.13. The lowest BCUT2D eigenvalue weighted by atomic mass is 10.3. The number of nitrogens with zero attached hydrogens (tertiary/aromatic N) is 1. The molecule has 4 nitrogen and oxygen atoms in total. The zero-order valence-corrected chi connectivity index (χ0v) is 11.2. The first-order chi connectivity index (χ1) is 7.41. The Hall–Kier alpha value is -0.140. The summed E-state index contributed by atoms with van der Waals surface area (Å²) in [5.74, 6) is 0. The van der Waals surface area contributed by atoms with Crippen molar-refractivity contribution in [1.29, 1.82) is 0 Å². The Morgan fingerprint density at radius 3 is 2.75 bits per heavy atom. The topological polar surface area (TPSA) is 63.4 Å². The van der Waals surface area contributed by atoms with E-state index >= 15 is 0 Å². The Labute approximate surface area is 104 Å². The van der Waals surface area contributed by atoms with E-state index in [0.717, 1.165) is 23.3 Å². The quantitative estimate of drug-likeness (QED) is 0.891. The number of halogens is 1. The monoisotopic (exact) mass is 280 g/mol. The molecule has 90 valence electrons. The molecule has 1 saturated heterocycles. The van der Waals surface area contributed by atoms with Crippen molar-refractivity contribution in [1.82, 2.24) is 4.31 Å². The Morgan fingerprint density at radius 1 is 1.62 bits per heavy atom. The molecule has 2 N–H and O–H groups in total. The van der Waals surface area contributed by atoms with Crippen LogP contribution in [-0.2, 0) is 10.0 Å². The fourth-order valence-electron chi connectivity index (χ4n) is 1.66. The van der Waals surface area contributed by atoms with Gasteiger partial charge in [0, 0.05) is 19.1 Å². The molecule has 1 aromatic rings. The number of nitrogens with two attached hydrogens (primary N) is 1. The summed E-state index contributed by atoms with van der Waals surface area (Å²) in [6.45, 7) is 2.70. The van der Waals surface area contributed by atoms with Gasteiger partial charge in [-0.2, -0.15) is 4.31 Å². The molecule has 1 aliphatic rings. The molecule has 1 unspecified atom stereocenters. The lowest BCUT2D eigenvalue weighted by Crippen LogP contribution is -2.31. The standard InChI is InChI=1S/C9H13ClN2O2S2/c1-6-4-8(15-9(6)10)16(13,14)12-3-2-7(11)5-12/h4,7H,2-3,5,11H2,1H3. The van der Waals surface area contributed by atoms with Gasteiger partial charge in [-0.15, -0.1) is 11.3 Å². The first-order valence-corrected chi connectivity index (χ1v) is 7.56. The summed E-state index contributed by atoms with van der Waals surface area (Å²) in [5, 5.41) is 0. The molecule has 0 aliphatic carbocycles. The molecule has 0 amide bonds. The number of rotatable bonds is 2. The molecule has 2 rings (SSSR count). The average molecular weight is 281 g/mol. The zero-order valence-electron chi connectivity index (χ0n) is 8.81. The molecular weight excluding hydrogens is 268 g/mol. The average Bonchev–Trinajstić information content (AvgIpc) is 2.75. The first-order valence-electron chi connectivity index (χ1n) is 4.93. The Morgan fingerprint density at radius 2 is 2.31 bits per heavy atom. The maximum Gasteiger partial charge on any atom is 0.252 e. The van der Waals surface area contributed by atoms with Crippen molar-refractivity contribution in [3.8, 4) is 0 Å². The molecule has 1 atom stereocenters. The van der Waals surface area contributed by atoms with Gasteiger partial charge in [-0.05, 0) is 25.0 Å². The summed E-state index contributed by atoms with van der Waals surface area (Å²) < 4.78 is 26.6. The summed E-state index contributed by atoms with van der Waals surface area (Å²) in [5.41, 5.74) is 6.51. The molecule has 7 heteroatoms. The molecule has 1 fully saturated rings. The molecule has 0 bridgehead atoms. The van der Waals surface area contributed by atoms with Gasteiger partial charge in [-0.1, -0.05) is 11.6 Å². The number of sulfonamides is 1. The van der Waals surface area contributed by atoms with Crippen LogP contribution in [-0.4, -0.2) is 31.9 Å². The molecule has 1 aromatic heterocycles. The Bertz CT molecular complexity index is 478. The fraction of sp³-hybridized carbons (Fsp3) is 0.556. The summed E-state index contributed by atoms with van der Waals surface area (Å²) in [4.78, 5) is 0. The van der Waals surface area contributed by atoms with E-state index in [-0.39, 0.29) is 6.04 Å². The van der Waals surface area contributed by atoms with Crippen LogP contribution in [0, 0.1) is 6.92 Å². The normalized spacial score (nSPS) is 22.8. The SMILES string of the molecule is Cc1cc(S(=O)(=O)N2CCC(N)C2)sc1Cl. The van der Waals surface area contributed by atoms with Crippen LogP contribution in [0.4, 0.5) is 0 Å². The van der Waals surface area contributed by atoms with E-state index in [1.54, 1.807) is 13.0 Å². The van der Waals surface area contributed by atoms with Gasteiger partial charge < -0.3 is 5.73 Å². The number of hydrogen-bond donors (Lipinski definition) is 1. The van der Waals surface area contributed by atoms with Gasteiger partial charge >= 0.3 is 0 Å². The molecule has 1 aliphatic heterocycles. The minimum Gasteiger partial charge on any atom is -0.326 e. The van der Waals surface area contributed by atoms with E-state index in [1.807, 2.05) is 0 Å². The molecule has 0 radical (unpaired) electrons. The van der Waals surface area contributed by atoms with Gasteiger partial charge in [0.15, 0.2) is 0 Å². The van der Waals surface area contributed by atoms with Gasteiger partial charge in [-0.25, -0.2) is 8.42 Å². The van der Waals surface area contributed by atoms with Crippen LogP contribution >= 0.6 is 22.9 Å². The molecule has 0 saturated carbocycles. The van der Waals surface area contributed by atoms with E-state index < -0.39 is 10.0 Å². The van der Waals surface area contributed by atoms with Crippen LogP contribution in [0.3, 0.4) is 0 Å². The maximum atomic E-state index is 12.2. The second-order valence-electron chi connectivity index (χ2n) is 3.93. The molecule has 0 aromatic carbocycles. The first kappa shape index (κ1) is 12.3. The second kappa shape index (κ2) is 4.27. The van der Waals surface area contributed by atoms with Crippen molar-refractivity contribution in [2.45, 2.75) is 23.6 Å². The third-order valence-electron chi connectivity index (χ3n) is 2.62. The Kier molecular flexibility index (Phi) is 3.29. The van der Waals surface area contributed by atoms with Gasteiger partial charge in [0.25, 0.3) is 10.0 Å². The summed E-state index contributed by atoms with van der Waals surface area (Å²) in [6.07, 6.45) is 0.720. The minimum absolute atomic E-state index is 0.0497. The van der Waals surface area contributed by atoms with Gasteiger partial charge in [0.1, 0.15) is 4.21 Å². The highest BCUT2D eigenvalue weighted by atomic mass is 35.5. The van der Waals surface area contributed by atoms with Crippen LogP contribution < -0.4 is 5.73 Å². The van der Waals surface area contributed by atoms with Crippen LogP contribution in [0.15, 0.2) is 10.3 Å². The lowest BCUT2D eigenvalue weighted by molar-refractivity contribution is 0.474. The van der Waals surface area contributed by atoms with Crippen molar-refractivity contribution in [3.63, 3.8) is 0 Å². The highest BCUT2D eigenvalue weighted by Gasteiger charge is 2.32. The van der Waals surface area contributed by atoms with Crippen molar-refractivity contribution in [2.75, 3.05) is 13.1 Å². The summed E-state index contributed by atoms with van der Waals surface area (Å²) in [6, 6.07) is 1.57.